The zero-order valence-electron chi connectivity index (χ0n) is 14.1. The van der Waals surface area contributed by atoms with Gasteiger partial charge in [0.15, 0.2) is 0 Å². The Morgan fingerprint density at radius 1 is 1.00 bits per heavy atom. The molecule has 2 aliphatic rings. The third-order valence-corrected chi connectivity index (χ3v) is 5.17. The fraction of sp³-hybridized carbons (Fsp3) is 0.333. The van der Waals surface area contributed by atoms with Crippen LogP contribution in [0.4, 0.5) is 5.69 Å². The molecule has 2 N–H and O–H groups in total. The van der Waals surface area contributed by atoms with Crippen molar-refractivity contribution < 1.29 is 9.59 Å². The number of carbonyl (C=O) groups is 2. The summed E-state index contributed by atoms with van der Waals surface area (Å²) in [5.41, 5.74) is 2.65. The maximum atomic E-state index is 12.5. The second-order valence-electron chi connectivity index (χ2n) is 7.17. The van der Waals surface area contributed by atoms with Gasteiger partial charge in [-0.15, -0.1) is 0 Å². The van der Waals surface area contributed by atoms with Crippen molar-refractivity contribution in [1.29, 1.82) is 0 Å². The minimum atomic E-state index is -0.0928. The Labute approximate surface area is 147 Å². The van der Waals surface area contributed by atoms with Gasteiger partial charge in [0.05, 0.1) is 0 Å². The van der Waals surface area contributed by atoms with Gasteiger partial charge in [-0.1, -0.05) is 36.4 Å². The molecule has 4 heteroatoms. The molecular formula is C21H22N2O2. The highest BCUT2D eigenvalue weighted by molar-refractivity contribution is 5.98. The highest BCUT2D eigenvalue weighted by Gasteiger charge is 2.44. The molecule has 25 heavy (non-hydrogen) atoms. The third-order valence-electron chi connectivity index (χ3n) is 5.17. The van der Waals surface area contributed by atoms with Gasteiger partial charge in [0.1, 0.15) is 0 Å². The van der Waals surface area contributed by atoms with E-state index in [4.69, 9.17) is 0 Å². The highest BCUT2D eigenvalue weighted by Crippen LogP contribution is 2.47. The Kier molecular flexibility index (Phi) is 4.04. The molecule has 0 saturated heterocycles. The van der Waals surface area contributed by atoms with Crippen LogP contribution in [-0.2, 0) is 10.2 Å². The van der Waals surface area contributed by atoms with Gasteiger partial charge in [0.25, 0.3) is 5.91 Å². The standard InChI is InChI=1S/C21H22N2O2/c24-19(22-14-21(11-12-21)17-6-2-1-3-7-17)16-5-4-8-18(13-16)23-20(25)15-9-10-15/h1-8,13,15H,9-12,14H2,(H,22,24)(H,23,25). The summed E-state index contributed by atoms with van der Waals surface area (Å²) in [7, 11) is 0. The van der Waals surface area contributed by atoms with E-state index in [1.165, 1.54) is 5.56 Å². The van der Waals surface area contributed by atoms with E-state index in [0.717, 1.165) is 25.7 Å². The van der Waals surface area contributed by atoms with Crippen molar-refractivity contribution >= 4 is 17.5 Å². The first-order chi connectivity index (χ1) is 12.2. The number of rotatable bonds is 6. The second kappa shape index (κ2) is 6.36. The van der Waals surface area contributed by atoms with Gasteiger partial charge in [-0.3, -0.25) is 9.59 Å². The van der Waals surface area contributed by atoms with Gasteiger partial charge in [-0.2, -0.15) is 0 Å². The lowest BCUT2D eigenvalue weighted by molar-refractivity contribution is -0.117. The Bertz CT molecular complexity index is 793. The minimum absolute atomic E-state index is 0.0542. The normalized spacial score (nSPS) is 17.6. The lowest BCUT2D eigenvalue weighted by Gasteiger charge is -2.17. The first-order valence-corrected chi connectivity index (χ1v) is 8.91. The lowest BCUT2D eigenvalue weighted by atomic mass is 9.96. The van der Waals surface area contributed by atoms with Crippen molar-refractivity contribution in [2.45, 2.75) is 31.1 Å². The van der Waals surface area contributed by atoms with Crippen molar-refractivity contribution in [2.75, 3.05) is 11.9 Å². The molecule has 2 amide bonds. The summed E-state index contributed by atoms with van der Waals surface area (Å²) < 4.78 is 0. The van der Waals surface area contributed by atoms with Crippen molar-refractivity contribution in [2.24, 2.45) is 5.92 Å². The Hall–Kier alpha value is -2.62. The van der Waals surface area contributed by atoms with Crippen molar-refractivity contribution in [3.05, 3.63) is 65.7 Å². The van der Waals surface area contributed by atoms with Gasteiger partial charge in [0, 0.05) is 29.1 Å². The second-order valence-corrected chi connectivity index (χ2v) is 7.17. The van der Waals surface area contributed by atoms with Crippen molar-refractivity contribution in [1.82, 2.24) is 5.32 Å². The van der Waals surface area contributed by atoms with Crippen molar-refractivity contribution in [3.63, 3.8) is 0 Å². The minimum Gasteiger partial charge on any atom is -0.351 e. The van der Waals surface area contributed by atoms with E-state index >= 15 is 0 Å². The van der Waals surface area contributed by atoms with Crippen LogP contribution in [0, 0.1) is 5.92 Å². The Morgan fingerprint density at radius 3 is 2.44 bits per heavy atom. The summed E-state index contributed by atoms with van der Waals surface area (Å²) in [6, 6.07) is 17.5. The average Bonchev–Trinajstić information content (AvgIpc) is 3.55. The molecule has 0 spiro atoms. The molecular weight excluding hydrogens is 312 g/mol. The first-order valence-electron chi connectivity index (χ1n) is 8.91. The molecule has 2 aromatic carbocycles. The van der Waals surface area contributed by atoms with Gasteiger partial charge in [-0.05, 0) is 49.4 Å². The molecule has 2 aromatic rings. The molecule has 4 nitrogen and oxygen atoms in total. The molecule has 2 aliphatic carbocycles. The smallest absolute Gasteiger partial charge is 0.251 e. The summed E-state index contributed by atoms with van der Waals surface area (Å²) in [5, 5.41) is 5.95. The summed E-state index contributed by atoms with van der Waals surface area (Å²) >= 11 is 0. The van der Waals surface area contributed by atoms with E-state index in [2.05, 4.69) is 22.8 Å². The van der Waals surface area contributed by atoms with Gasteiger partial charge in [-0.25, -0.2) is 0 Å². The molecule has 4 rings (SSSR count). The number of carbonyl (C=O) groups excluding carboxylic acids is 2. The van der Waals surface area contributed by atoms with Crippen LogP contribution < -0.4 is 10.6 Å². The molecule has 0 atom stereocenters. The van der Waals surface area contributed by atoms with Crippen LogP contribution in [0.3, 0.4) is 0 Å². The van der Waals surface area contributed by atoms with E-state index in [1.54, 1.807) is 12.1 Å². The molecule has 0 bridgehead atoms. The number of nitrogens with one attached hydrogen (secondary N) is 2. The molecule has 0 aromatic heterocycles. The molecule has 0 radical (unpaired) electrons. The van der Waals surface area contributed by atoms with Gasteiger partial charge in [0.2, 0.25) is 5.91 Å². The SMILES string of the molecule is O=C(NCC1(c2ccccc2)CC1)c1cccc(NC(=O)C2CC2)c1. The number of hydrogen-bond acceptors (Lipinski definition) is 2. The van der Waals surface area contributed by atoms with E-state index in [0.29, 0.717) is 17.8 Å². The van der Waals surface area contributed by atoms with Crippen LogP contribution >= 0.6 is 0 Å². The molecule has 128 valence electrons. The third kappa shape index (κ3) is 3.58. The van der Waals surface area contributed by atoms with E-state index < -0.39 is 0 Å². The van der Waals surface area contributed by atoms with Gasteiger partial charge >= 0.3 is 0 Å². The van der Waals surface area contributed by atoms with Crippen molar-refractivity contribution in [3.8, 4) is 0 Å². The predicted molar refractivity (Wildman–Crippen MR) is 97.5 cm³/mol. The fourth-order valence-electron chi connectivity index (χ4n) is 3.19. The Morgan fingerprint density at radius 2 is 1.76 bits per heavy atom. The number of hydrogen-bond donors (Lipinski definition) is 2. The quantitative estimate of drug-likeness (QED) is 0.849. The molecule has 2 fully saturated rings. The first kappa shape index (κ1) is 15.9. The predicted octanol–water partition coefficient (Wildman–Crippen LogP) is 3.50. The zero-order chi connectivity index (χ0) is 17.3. The van der Waals surface area contributed by atoms with Crippen LogP contribution in [0.15, 0.2) is 54.6 Å². The Balaban J connectivity index is 1.39. The number of anilines is 1. The maximum absolute atomic E-state index is 12.5. The van der Waals surface area contributed by atoms with Crippen LogP contribution in [0.5, 0.6) is 0 Å². The summed E-state index contributed by atoms with van der Waals surface area (Å²) in [4.78, 5) is 24.4. The van der Waals surface area contributed by atoms with Crippen LogP contribution in [0.1, 0.15) is 41.6 Å². The summed E-state index contributed by atoms with van der Waals surface area (Å²) in [5.74, 6) is 0.112. The molecule has 0 aliphatic heterocycles. The van der Waals surface area contributed by atoms with E-state index in [9.17, 15) is 9.59 Å². The van der Waals surface area contributed by atoms with Crippen LogP contribution in [0.2, 0.25) is 0 Å². The highest BCUT2D eigenvalue weighted by atomic mass is 16.2. The summed E-state index contributed by atoms with van der Waals surface area (Å²) in [6.45, 7) is 0.647. The van der Waals surface area contributed by atoms with E-state index in [-0.39, 0.29) is 23.1 Å². The number of benzene rings is 2. The fourth-order valence-corrected chi connectivity index (χ4v) is 3.19. The molecule has 0 unspecified atom stereocenters. The maximum Gasteiger partial charge on any atom is 0.251 e. The monoisotopic (exact) mass is 334 g/mol. The topological polar surface area (TPSA) is 58.2 Å². The van der Waals surface area contributed by atoms with E-state index in [1.807, 2.05) is 30.3 Å². The number of amides is 2. The average molecular weight is 334 g/mol. The summed E-state index contributed by atoms with van der Waals surface area (Å²) in [6.07, 6.45) is 4.14. The largest absolute Gasteiger partial charge is 0.351 e. The molecule has 0 heterocycles. The van der Waals surface area contributed by atoms with Crippen LogP contribution in [-0.4, -0.2) is 18.4 Å². The van der Waals surface area contributed by atoms with Crippen LogP contribution in [0.25, 0.3) is 0 Å². The zero-order valence-corrected chi connectivity index (χ0v) is 14.1. The lowest BCUT2D eigenvalue weighted by Crippen LogP contribution is -2.32. The molecule has 2 saturated carbocycles. The van der Waals surface area contributed by atoms with Gasteiger partial charge < -0.3 is 10.6 Å².